The number of methoxy groups -OCH3 is 1. The molecule has 0 saturated heterocycles. The predicted molar refractivity (Wildman–Crippen MR) is 78.9 cm³/mol. The second-order valence-electron chi connectivity index (χ2n) is 4.12. The van der Waals surface area contributed by atoms with Crippen LogP contribution in [0.3, 0.4) is 0 Å². The molecule has 1 aromatic heterocycles. The van der Waals surface area contributed by atoms with Gasteiger partial charge in [-0.1, -0.05) is 18.2 Å². The van der Waals surface area contributed by atoms with Crippen molar-refractivity contribution in [3.05, 3.63) is 51.4 Å². The van der Waals surface area contributed by atoms with Crippen LogP contribution in [0.2, 0.25) is 5.28 Å². The molecule has 0 aliphatic carbocycles. The molecule has 7 nitrogen and oxygen atoms in total. The van der Waals surface area contributed by atoms with E-state index < -0.39 is 4.92 Å². The first kappa shape index (κ1) is 15.0. The van der Waals surface area contributed by atoms with Crippen LogP contribution in [-0.2, 0) is 6.42 Å². The molecule has 0 unspecified atom stereocenters. The number of rotatable bonds is 6. The van der Waals surface area contributed by atoms with Crippen LogP contribution in [0.25, 0.3) is 0 Å². The number of nitrogens with one attached hydrogen (secondary N) is 1. The van der Waals surface area contributed by atoms with Gasteiger partial charge in [0.2, 0.25) is 11.1 Å². The highest BCUT2D eigenvalue weighted by Gasteiger charge is 2.16. The molecule has 110 valence electrons. The highest BCUT2D eigenvalue weighted by atomic mass is 35.5. The first-order valence-corrected chi connectivity index (χ1v) is 6.52. The van der Waals surface area contributed by atoms with E-state index in [9.17, 15) is 10.1 Å². The summed E-state index contributed by atoms with van der Waals surface area (Å²) >= 11 is 5.66. The molecule has 1 N–H and O–H groups in total. The SMILES string of the molecule is COc1ccccc1CCNc1nc(Cl)ncc1[N+](=O)[O-]. The Balaban J connectivity index is 2.07. The molecule has 0 saturated carbocycles. The zero-order chi connectivity index (χ0) is 15.2. The quantitative estimate of drug-likeness (QED) is 0.501. The molecule has 0 spiro atoms. The van der Waals surface area contributed by atoms with Crippen molar-refractivity contribution < 1.29 is 9.66 Å². The number of halogens is 1. The van der Waals surface area contributed by atoms with Crippen LogP contribution >= 0.6 is 11.6 Å². The van der Waals surface area contributed by atoms with Crippen molar-refractivity contribution in [1.82, 2.24) is 9.97 Å². The Morgan fingerprint density at radius 3 is 2.90 bits per heavy atom. The van der Waals surface area contributed by atoms with Gasteiger partial charge in [-0.2, -0.15) is 4.98 Å². The fourth-order valence-electron chi connectivity index (χ4n) is 1.84. The van der Waals surface area contributed by atoms with Crippen LogP contribution < -0.4 is 10.1 Å². The van der Waals surface area contributed by atoms with Gasteiger partial charge in [0.25, 0.3) is 0 Å². The largest absolute Gasteiger partial charge is 0.496 e. The number of hydrogen-bond donors (Lipinski definition) is 1. The maximum atomic E-state index is 10.9. The maximum Gasteiger partial charge on any atom is 0.329 e. The number of aromatic nitrogens is 2. The van der Waals surface area contributed by atoms with Crippen molar-refractivity contribution in [2.24, 2.45) is 0 Å². The van der Waals surface area contributed by atoms with Crippen LogP contribution in [0.15, 0.2) is 30.5 Å². The fraction of sp³-hybridized carbons (Fsp3) is 0.231. The average Bonchev–Trinajstić information content (AvgIpc) is 2.47. The van der Waals surface area contributed by atoms with E-state index in [2.05, 4.69) is 15.3 Å². The van der Waals surface area contributed by atoms with Crippen molar-refractivity contribution in [2.75, 3.05) is 19.0 Å². The number of anilines is 1. The molecule has 0 aliphatic heterocycles. The Labute approximate surface area is 126 Å². The summed E-state index contributed by atoms with van der Waals surface area (Å²) in [7, 11) is 1.60. The number of hydrogen-bond acceptors (Lipinski definition) is 6. The number of para-hydroxylation sites is 1. The van der Waals surface area contributed by atoms with Gasteiger partial charge in [-0.15, -0.1) is 0 Å². The third-order valence-electron chi connectivity index (χ3n) is 2.82. The zero-order valence-electron chi connectivity index (χ0n) is 11.2. The first-order chi connectivity index (χ1) is 10.1. The van der Waals surface area contributed by atoms with Crippen LogP contribution in [0.1, 0.15) is 5.56 Å². The molecule has 0 fully saturated rings. The number of nitro groups is 1. The van der Waals surface area contributed by atoms with Crippen molar-refractivity contribution >= 4 is 23.1 Å². The number of ether oxygens (including phenoxy) is 1. The third kappa shape index (κ3) is 3.79. The van der Waals surface area contributed by atoms with Crippen molar-refractivity contribution in [2.45, 2.75) is 6.42 Å². The molecule has 0 amide bonds. The van der Waals surface area contributed by atoms with Crippen LogP contribution in [0, 0.1) is 10.1 Å². The minimum atomic E-state index is -0.554. The van der Waals surface area contributed by atoms with Gasteiger partial charge >= 0.3 is 5.69 Å². The smallest absolute Gasteiger partial charge is 0.329 e. The van der Waals surface area contributed by atoms with Crippen LogP contribution in [-0.4, -0.2) is 28.5 Å². The second-order valence-corrected chi connectivity index (χ2v) is 4.46. The first-order valence-electron chi connectivity index (χ1n) is 6.14. The monoisotopic (exact) mass is 308 g/mol. The van der Waals surface area contributed by atoms with Gasteiger partial charge in [0.1, 0.15) is 11.9 Å². The molecule has 1 heterocycles. The third-order valence-corrected chi connectivity index (χ3v) is 3.00. The summed E-state index contributed by atoms with van der Waals surface area (Å²) in [5.74, 6) is 0.879. The Hall–Kier alpha value is -2.41. The highest BCUT2D eigenvalue weighted by molar-refractivity contribution is 6.28. The molecule has 0 atom stereocenters. The summed E-state index contributed by atoms with van der Waals surface area (Å²) < 4.78 is 5.25. The van der Waals surface area contributed by atoms with E-state index >= 15 is 0 Å². The summed E-state index contributed by atoms with van der Waals surface area (Å²) in [6.07, 6.45) is 1.71. The van der Waals surface area contributed by atoms with Crippen molar-refractivity contribution in [3.8, 4) is 5.75 Å². The second kappa shape index (κ2) is 6.85. The Morgan fingerprint density at radius 2 is 2.19 bits per heavy atom. The molecule has 0 bridgehead atoms. The number of benzene rings is 1. The molecular weight excluding hydrogens is 296 g/mol. The molecule has 2 rings (SSSR count). The average molecular weight is 309 g/mol. The standard InChI is InChI=1S/C13H13ClN4O3/c1-21-11-5-3-2-4-9(11)6-7-15-12-10(18(19)20)8-16-13(14)17-12/h2-5,8H,6-7H2,1H3,(H,15,16,17). The molecule has 0 aliphatic rings. The van der Waals surface area contributed by atoms with Crippen LogP contribution in [0.4, 0.5) is 11.5 Å². The van der Waals surface area contributed by atoms with E-state index in [0.717, 1.165) is 17.5 Å². The van der Waals surface area contributed by atoms with E-state index in [0.29, 0.717) is 13.0 Å². The molecule has 2 aromatic rings. The molecule has 1 aromatic carbocycles. The lowest BCUT2D eigenvalue weighted by Crippen LogP contribution is -2.09. The topological polar surface area (TPSA) is 90.2 Å². The maximum absolute atomic E-state index is 10.9. The van der Waals surface area contributed by atoms with Gasteiger partial charge in [-0.25, -0.2) is 4.98 Å². The van der Waals surface area contributed by atoms with E-state index in [1.165, 1.54) is 0 Å². The summed E-state index contributed by atoms with van der Waals surface area (Å²) in [6.45, 7) is 0.453. The highest BCUT2D eigenvalue weighted by Crippen LogP contribution is 2.22. The molecule has 8 heteroatoms. The molecule has 21 heavy (non-hydrogen) atoms. The minimum absolute atomic E-state index is 0.0413. The van der Waals surface area contributed by atoms with Crippen molar-refractivity contribution in [3.63, 3.8) is 0 Å². The summed E-state index contributed by atoms with van der Waals surface area (Å²) in [4.78, 5) is 17.8. The van der Waals surface area contributed by atoms with E-state index in [4.69, 9.17) is 16.3 Å². The Bertz CT molecular complexity index is 651. The predicted octanol–water partition coefficient (Wildman–Crippen LogP) is 2.70. The molecule has 0 radical (unpaired) electrons. The normalized spacial score (nSPS) is 10.2. The summed E-state index contributed by atoms with van der Waals surface area (Å²) in [6, 6.07) is 7.58. The lowest BCUT2D eigenvalue weighted by Gasteiger charge is -2.09. The Morgan fingerprint density at radius 1 is 1.43 bits per heavy atom. The minimum Gasteiger partial charge on any atom is -0.496 e. The Kier molecular flexibility index (Phi) is 4.89. The van der Waals surface area contributed by atoms with Gasteiger partial charge < -0.3 is 10.1 Å². The van der Waals surface area contributed by atoms with Gasteiger partial charge in [-0.3, -0.25) is 10.1 Å². The van der Waals surface area contributed by atoms with Gasteiger partial charge in [0, 0.05) is 6.54 Å². The van der Waals surface area contributed by atoms with E-state index in [-0.39, 0.29) is 16.8 Å². The summed E-state index contributed by atoms with van der Waals surface area (Å²) in [5, 5.41) is 13.8. The lowest BCUT2D eigenvalue weighted by atomic mass is 10.1. The van der Waals surface area contributed by atoms with Gasteiger partial charge in [-0.05, 0) is 29.7 Å². The summed E-state index contributed by atoms with van der Waals surface area (Å²) in [5.41, 5.74) is 0.787. The molecular formula is C13H13ClN4O3. The van der Waals surface area contributed by atoms with E-state index in [1.54, 1.807) is 7.11 Å². The fourth-order valence-corrected chi connectivity index (χ4v) is 1.98. The van der Waals surface area contributed by atoms with Gasteiger partial charge in [0.15, 0.2) is 0 Å². The number of nitrogens with zero attached hydrogens (tertiary/aromatic N) is 3. The van der Waals surface area contributed by atoms with E-state index in [1.807, 2.05) is 24.3 Å². The van der Waals surface area contributed by atoms with Gasteiger partial charge in [0.05, 0.1) is 12.0 Å². The lowest BCUT2D eigenvalue weighted by molar-refractivity contribution is -0.384. The van der Waals surface area contributed by atoms with Crippen molar-refractivity contribution in [1.29, 1.82) is 0 Å². The van der Waals surface area contributed by atoms with Crippen LogP contribution in [0.5, 0.6) is 5.75 Å². The zero-order valence-corrected chi connectivity index (χ0v) is 12.0.